The molecule has 6 heteroatoms. The van der Waals surface area contributed by atoms with E-state index in [1.54, 1.807) is 0 Å². The van der Waals surface area contributed by atoms with E-state index in [9.17, 15) is 15.3 Å². The van der Waals surface area contributed by atoms with Crippen LogP contribution in [0.1, 0.15) is 95.7 Å². The monoisotopic (exact) mass is 654 g/mol. The molecule has 45 heavy (non-hydrogen) atoms. The third kappa shape index (κ3) is 10.3. The maximum atomic E-state index is 9.82. The lowest BCUT2D eigenvalue weighted by Gasteiger charge is -2.22. The van der Waals surface area contributed by atoms with Gasteiger partial charge in [0.1, 0.15) is 44.0 Å². The Morgan fingerprint density at radius 3 is 0.667 bits per heavy atom. The maximum Gasteiger partial charge on any atom is 0.138 e. The number of aliphatic hydroxyl groups is 3. The molecule has 0 aromatic heterocycles. The molecule has 0 saturated carbocycles. The second-order valence-electron chi connectivity index (χ2n) is 11.4. The minimum absolute atomic E-state index is 0.316. The van der Waals surface area contributed by atoms with Crippen molar-refractivity contribution in [2.24, 2.45) is 0 Å². The minimum Gasteiger partial charge on any atom is -0.384 e. The molecule has 0 aliphatic rings. The molecule has 0 bridgehead atoms. The van der Waals surface area contributed by atoms with Crippen LogP contribution >= 0.6 is 0 Å². The van der Waals surface area contributed by atoms with Gasteiger partial charge < -0.3 is 15.3 Å². The summed E-state index contributed by atoms with van der Waals surface area (Å²) in [6, 6.07) is 9.35. The van der Waals surface area contributed by atoms with Crippen molar-refractivity contribution in [1.82, 2.24) is 0 Å². The molecule has 1 aromatic rings. The highest BCUT2D eigenvalue weighted by Crippen LogP contribution is 2.29. The fourth-order valence-electron chi connectivity index (χ4n) is 5.51. The van der Waals surface area contributed by atoms with Crippen LogP contribution in [-0.4, -0.2) is 59.4 Å². The van der Waals surface area contributed by atoms with Gasteiger partial charge in [-0.05, 0) is 54.4 Å². The first-order valence-electron chi connectivity index (χ1n) is 16.8. The van der Waals surface area contributed by atoms with Crippen molar-refractivity contribution >= 4 is 24.2 Å². The molecule has 0 heterocycles. The normalized spacial score (nSPS) is 10.7. The highest BCUT2D eigenvalue weighted by molar-refractivity contribution is 6.88. The third-order valence-electron chi connectivity index (χ3n) is 9.83. The zero-order valence-electron chi connectivity index (χ0n) is 29.3. The Morgan fingerprint density at radius 2 is 0.511 bits per heavy atom. The topological polar surface area (TPSA) is 60.7 Å². The predicted octanol–water partition coefficient (Wildman–Crippen LogP) is 6.92. The Morgan fingerprint density at radius 1 is 0.333 bits per heavy atom. The Balaban J connectivity index is 4.88. The molecule has 0 unspecified atom stereocenters. The highest BCUT2D eigenvalue weighted by Gasteiger charge is 2.28. The molecular weight excluding hydrogens is 601 g/mol. The van der Waals surface area contributed by atoms with Gasteiger partial charge in [0.05, 0.1) is 33.4 Å². The molecule has 1 rings (SSSR count). The van der Waals surface area contributed by atoms with E-state index in [2.05, 4.69) is 132 Å². The number of hydrogen-bond donors (Lipinski definition) is 3. The van der Waals surface area contributed by atoms with Crippen LogP contribution in [0, 0.1) is 69.9 Å². The van der Waals surface area contributed by atoms with Crippen molar-refractivity contribution in [1.29, 1.82) is 0 Å². The summed E-state index contributed by atoms with van der Waals surface area (Å²) < 4.78 is 0. The smallest absolute Gasteiger partial charge is 0.138 e. The van der Waals surface area contributed by atoms with Gasteiger partial charge in [-0.1, -0.05) is 116 Å². The average Bonchev–Trinajstić information content (AvgIpc) is 3.08. The van der Waals surface area contributed by atoms with E-state index in [0.717, 1.165) is 54.4 Å². The average molecular weight is 655 g/mol. The fraction of sp³-hybridized carbons (Fsp3) is 0.538. The van der Waals surface area contributed by atoms with Gasteiger partial charge in [-0.3, -0.25) is 0 Å². The summed E-state index contributed by atoms with van der Waals surface area (Å²) >= 11 is 0. The van der Waals surface area contributed by atoms with Gasteiger partial charge in [-0.25, -0.2) is 0 Å². The van der Waals surface area contributed by atoms with Crippen LogP contribution in [0.3, 0.4) is 0 Å². The molecule has 0 aliphatic carbocycles. The molecule has 0 spiro atoms. The highest BCUT2D eigenvalue weighted by atomic mass is 28.3. The van der Waals surface area contributed by atoms with Crippen molar-refractivity contribution in [3.8, 4) is 69.9 Å². The second-order valence-corrected chi connectivity index (χ2v) is 26.2. The van der Waals surface area contributed by atoms with Crippen molar-refractivity contribution in [3.05, 3.63) is 33.4 Å². The van der Waals surface area contributed by atoms with Crippen molar-refractivity contribution < 1.29 is 15.3 Å². The maximum absolute atomic E-state index is 9.82. The Hall–Kier alpha value is -2.89. The molecule has 1 aromatic carbocycles. The van der Waals surface area contributed by atoms with E-state index in [1.807, 2.05) is 0 Å². The molecule has 0 fully saturated rings. The van der Waals surface area contributed by atoms with Crippen molar-refractivity contribution in [2.75, 3.05) is 19.8 Å². The molecule has 240 valence electrons. The number of rotatable bonds is 9. The lowest BCUT2D eigenvalue weighted by Crippen LogP contribution is -2.29. The van der Waals surface area contributed by atoms with Gasteiger partial charge >= 0.3 is 0 Å². The number of hydrogen-bond acceptors (Lipinski definition) is 3. The fourth-order valence-corrected chi connectivity index (χ4v) is 12.8. The van der Waals surface area contributed by atoms with Gasteiger partial charge in [0.25, 0.3) is 0 Å². The van der Waals surface area contributed by atoms with Gasteiger partial charge in [0, 0.05) is 0 Å². The Kier molecular flexibility index (Phi) is 18.1. The largest absolute Gasteiger partial charge is 0.384 e. The summed E-state index contributed by atoms with van der Waals surface area (Å²) in [7, 11) is -5.66. The van der Waals surface area contributed by atoms with Gasteiger partial charge in [-0.15, -0.1) is 16.6 Å². The van der Waals surface area contributed by atoms with Crippen LogP contribution in [0.25, 0.3) is 0 Å². The van der Waals surface area contributed by atoms with Gasteiger partial charge in [-0.2, -0.15) is 0 Å². The van der Waals surface area contributed by atoms with Crippen molar-refractivity contribution in [2.45, 2.75) is 117 Å². The van der Waals surface area contributed by atoms with Crippen LogP contribution in [0.5, 0.6) is 0 Å². The number of benzene rings is 1. The summed E-state index contributed by atoms with van der Waals surface area (Å²) in [5.41, 5.74) is 15.0. The van der Waals surface area contributed by atoms with Crippen LogP contribution < -0.4 is 0 Å². The summed E-state index contributed by atoms with van der Waals surface area (Å²) in [6.07, 6.45) is 0. The molecule has 0 saturated heterocycles. The van der Waals surface area contributed by atoms with E-state index in [1.165, 1.54) is 0 Å². The quantitative estimate of drug-likeness (QED) is 0.200. The first-order valence-corrected chi connectivity index (χ1v) is 24.7. The second kappa shape index (κ2) is 20.3. The first-order chi connectivity index (χ1) is 21.7. The molecule has 0 radical (unpaired) electrons. The van der Waals surface area contributed by atoms with Crippen LogP contribution in [0.4, 0.5) is 0 Å². The van der Waals surface area contributed by atoms with Crippen LogP contribution in [0.15, 0.2) is 0 Å². The van der Waals surface area contributed by atoms with Gasteiger partial charge in [0.15, 0.2) is 0 Å². The first kappa shape index (κ1) is 40.1. The Bertz CT molecular complexity index is 1290. The molecule has 3 N–H and O–H groups in total. The van der Waals surface area contributed by atoms with E-state index in [-0.39, 0.29) is 19.8 Å². The Labute approximate surface area is 278 Å². The standard InChI is InChI=1S/C39H54O3Si3/c1-10-43(11-2,12-3)31-25-37-34(22-19-28-40)38(26-32-44(13-4,14-5)15-6)36(24-21-30-42)39(35(37)23-20-29-41)27-33-45(16-7,17-8)18-9/h40-42H,10-18,28-30H2,1-9H3. The SMILES string of the molecule is CC[Si](C#Cc1c(C#CCO)c(C#C[Si](CC)(CC)CC)c(C#CCO)c(C#C[Si](CC)(CC)CC)c1C#CCO)(CC)CC. The summed E-state index contributed by atoms with van der Waals surface area (Å²) in [6.45, 7) is 19.1. The van der Waals surface area contributed by atoms with Crippen LogP contribution in [-0.2, 0) is 0 Å². The summed E-state index contributed by atoms with van der Waals surface area (Å²) in [4.78, 5) is 0. The lowest BCUT2D eigenvalue weighted by molar-refractivity contribution is 0.350. The summed E-state index contributed by atoms with van der Waals surface area (Å²) in [5, 5.41) is 29.4. The van der Waals surface area contributed by atoms with E-state index >= 15 is 0 Å². The molecule has 0 atom stereocenters. The zero-order valence-corrected chi connectivity index (χ0v) is 32.3. The minimum atomic E-state index is -1.89. The molecule has 0 aliphatic heterocycles. The van der Waals surface area contributed by atoms with Gasteiger partial charge in [0.2, 0.25) is 0 Å². The number of aliphatic hydroxyl groups excluding tert-OH is 3. The lowest BCUT2D eigenvalue weighted by atomic mass is 9.87. The van der Waals surface area contributed by atoms with Crippen LogP contribution in [0.2, 0.25) is 54.4 Å². The molecule has 0 amide bonds. The summed E-state index contributed by atoms with van der Waals surface area (Å²) in [5.74, 6) is 28.9. The van der Waals surface area contributed by atoms with E-state index < -0.39 is 24.2 Å². The zero-order chi connectivity index (χ0) is 33.9. The third-order valence-corrected chi connectivity index (χ3v) is 24.0. The molecular formula is C39H54O3Si3. The predicted molar refractivity (Wildman–Crippen MR) is 201 cm³/mol. The van der Waals surface area contributed by atoms with Crippen molar-refractivity contribution in [3.63, 3.8) is 0 Å². The van der Waals surface area contributed by atoms with E-state index in [4.69, 9.17) is 0 Å². The van der Waals surface area contributed by atoms with E-state index in [0.29, 0.717) is 33.4 Å². The molecule has 3 nitrogen and oxygen atoms in total.